The lowest BCUT2D eigenvalue weighted by Crippen LogP contribution is -2.33. The van der Waals surface area contributed by atoms with Crippen LogP contribution in [-0.4, -0.2) is 59.5 Å². The van der Waals surface area contributed by atoms with Gasteiger partial charge < -0.3 is 31.9 Å². The first kappa shape index (κ1) is 28.8. The molecule has 1 aromatic carbocycles. The van der Waals surface area contributed by atoms with Crippen LogP contribution in [0.3, 0.4) is 0 Å². The molecule has 10 nitrogen and oxygen atoms in total. The molecular weight excluding hydrogens is 511 g/mol. The fourth-order valence-electron chi connectivity index (χ4n) is 4.55. The summed E-state index contributed by atoms with van der Waals surface area (Å²) in [6.07, 6.45) is 6.25. The first-order valence-electron chi connectivity index (χ1n) is 13.7. The third-order valence-corrected chi connectivity index (χ3v) is 6.68. The Labute approximate surface area is 234 Å². The summed E-state index contributed by atoms with van der Waals surface area (Å²) in [5.41, 5.74) is 7.82. The Balaban J connectivity index is 1.35. The molecule has 11 heteroatoms. The zero-order chi connectivity index (χ0) is 28.3. The lowest BCUT2D eigenvalue weighted by molar-refractivity contribution is 0.0951. The molecule has 1 fully saturated rings. The first-order valence-corrected chi connectivity index (χ1v) is 13.7. The van der Waals surface area contributed by atoms with E-state index >= 15 is 0 Å². The number of carbonyl (C=O) groups excluding carboxylic acids is 2. The van der Waals surface area contributed by atoms with E-state index in [1.807, 2.05) is 6.92 Å². The van der Waals surface area contributed by atoms with Crippen molar-refractivity contribution in [3.05, 3.63) is 65.6 Å². The van der Waals surface area contributed by atoms with Crippen LogP contribution in [0.15, 0.2) is 48.7 Å². The number of carbonyl (C=O) groups is 2. The highest BCUT2D eigenvalue weighted by Crippen LogP contribution is 2.26. The molecule has 2 aromatic heterocycles. The molecule has 0 saturated carbocycles. The summed E-state index contributed by atoms with van der Waals surface area (Å²) in [7, 11) is 0. The number of anilines is 3. The lowest BCUT2D eigenvalue weighted by atomic mass is 10.1. The van der Waals surface area contributed by atoms with Gasteiger partial charge in [-0.25, -0.2) is 19.2 Å². The van der Waals surface area contributed by atoms with Crippen molar-refractivity contribution in [3.63, 3.8) is 0 Å². The van der Waals surface area contributed by atoms with E-state index in [1.54, 1.807) is 36.5 Å². The van der Waals surface area contributed by atoms with Crippen molar-refractivity contribution in [2.45, 2.75) is 39.2 Å². The molecule has 0 radical (unpaired) electrons. The highest BCUT2D eigenvalue weighted by atomic mass is 19.1. The van der Waals surface area contributed by atoms with Gasteiger partial charge in [0.15, 0.2) is 0 Å². The number of hydrogen-bond donors (Lipinski definition) is 5. The highest BCUT2D eigenvalue weighted by Gasteiger charge is 2.16. The fourth-order valence-corrected chi connectivity index (χ4v) is 4.55. The van der Waals surface area contributed by atoms with Crippen LogP contribution in [0.25, 0.3) is 11.3 Å². The van der Waals surface area contributed by atoms with Gasteiger partial charge in [-0.05, 0) is 81.7 Å². The van der Waals surface area contributed by atoms with Gasteiger partial charge in [0.25, 0.3) is 5.91 Å². The van der Waals surface area contributed by atoms with Crippen molar-refractivity contribution < 1.29 is 14.0 Å². The number of amides is 3. The highest BCUT2D eigenvalue weighted by molar-refractivity contribution is 5.99. The number of likely N-dealkylation sites (tertiary alicyclic amines) is 1. The molecule has 40 heavy (non-hydrogen) atoms. The molecule has 3 heterocycles. The summed E-state index contributed by atoms with van der Waals surface area (Å²) in [4.78, 5) is 36.1. The SMILES string of the molecule is CCNc1nc(-c2ccc(NC(=O)NCc3ccc(N)nc3)c(F)c2)ccc1C(=O)NCCCN1CCCCC1. The van der Waals surface area contributed by atoms with Crippen LogP contribution in [0.5, 0.6) is 0 Å². The molecule has 1 aliphatic rings. The summed E-state index contributed by atoms with van der Waals surface area (Å²) in [6.45, 7) is 6.55. The van der Waals surface area contributed by atoms with E-state index in [1.165, 1.54) is 31.4 Å². The van der Waals surface area contributed by atoms with Crippen molar-refractivity contribution in [1.82, 2.24) is 25.5 Å². The van der Waals surface area contributed by atoms with E-state index in [0.717, 1.165) is 31.6 Å². The number of nitrogens with two attached hydrogens (primary N) is 1. The summed E-state index contributed by atoms with van der Waals surface area (Å²) in [5, 5.41) is 11.3. The van der Waals surface area contributed by atoms with Gasteiger partial charge in [-0.1, -0.05) is 18.6 Å². The topological polar surface area (TPSA) is 137 Å². The number of aromatic nitrogens is 2. The zero-order valence-corrected chi connectivity index (χ0v) is 22.8. The van der Waals surface area contributed by atoms with Gasteiger partial charge >= 0.3 is 6.03 Å². The molecule has 1 aliphatic heterocycles. The molecule has 0 aliphatic carbocycles. The molecule has 0 spiro atoms. The quantitative estimate of drug-likeness (QED) is 0.226. The van der Waals surface area contributed by atoms with Gasteiger partial charge in [0.1, 0.15) is 17.5 Å². The predicted octanol–water partition coefficient (Wildman–Crippen LogP) is 4.22. The Morgan fingerprint density at radius 3 is 2.60 bits per heavy atom. The van der Waals surface area contributed by atoms with Crippen LogP contribution >= 0.6 is 0 Å². The maximum absolute atomic E-state index is 14.9. The maximum Gasteiger partial charge on any atom is 0.319 e. The third kappa shape index (κ3) is 8.12. The van der Waals surface area contributed by atoms with Gasteiger partial charge in [0.05, 0.1) is 16.9 Å². The van der Waals surface area contributed by atoms with Crippen LogP contribution in [0.1, 0.15) is 48.5 Å². The normalized spacial score (nSPS) is 13.4. The molecule has 3 aromatic rings. The minimum Gasteiger partial charge on any atom is -0.384 e. The molecule has 0 unspecified atom stereocenters. The number of nitrogens with one attached hydrogen (secondary N) is 4. The number of urea groups is 1. The Morgan fingerprint density at radius 1 is 1.05 bits per heavy atom. The number of rotatable bonds is 11. The zero-order valence-electron chi connectivity index (χ0n) is 22.8. The number of piperidine rings is 1. The second kappa shape index (κ2) is 14.2. The second-order valence-corrected chi connectivity index (χ2v) is 9.73. The van der Waals surface area contributed by atoms with Crippen molar-refractivity contribution in [2.24, 2.45) is 0 Å². The van der Waals surface area contributed by atoms with Crippen molar-refractivity contribution >= 4 is 29.3 Å². The van der Waals surface area contributed by atoms with E-state index in [-0.39, 0.29) is 18.1 Å². The van der Waals surface area contributed by atoms with Crippen molar-refractivity contribution in [2.75, 3.05) is 49.1 Å². The van der Waals surface area contributed by atoms with E-state index in [9.17, 15) is 14.0 Å². The molecule has 0 atom stereocenters. The van der Waals surface area contributed by atoms with E-state index < -0.39 is 11.8 Å². The molecule has 4 rings (SSSR count). The van der Waals surface area contributed by atoms with Crippen LogP contribution in [-0.2, 0) is 6.54 Å². The van der Waals surface area contributed by atoms with Gasteiger partial charge in [-0.3, -0.25) is 4.79 Å². The number of benzene rings is 1. The summed E-state index contributed by atoms with van der Waals surface area (Å²) in [6, 6.07) is 10.7. The molecule has 6 N–H and O–H groups in total. The second-order valence-electron chi connectivity index (χ2n) is 9.73. The standard InChI is InChI=1S/C29H37FN8O2/c1-2-32-27-22(28(39)33-13-6-16-38-14-4-3-5-15-38)9-11-24(36-27)21-8-10-25(23(30)17-21)37-29(40)35-19-20-7-12-26(31)34-18-20/h7-12,17-18H,2-6,13-16,19H2,1H3,(H2,31,34)(H,32,36)(H,33,39)(H2,35,37,40). The first-order chi connectivity index (χ1) is 19.4. The van der Waals surface area contributed by atoms with E-state index in [2.05, 4.69) is 36.1 Å². The number of pyridine rings is 2. The summed E-state index contributed by atoms with van der Waals surface area (Å²) >= 11 is 0. The average molecular weight is 549 g/mol. The van der Waals surface area contributed by atoms with Crippen molar-refractivity contribution in [1.29, 1.82) is 0 Å². The van der Waals surface area contributed by atoms with Crippen LogP contribution < -0.4 is 27.0 Å². The Hall–Kier alpha value is -4.25. The minimum atomic E-state index is -0.607. The van der Waals surface area contributed by atoms with E-state index in [4.69, 9.17) is 5.73 Å². The average Bonchev–Trinajstić information content (AvgIpc) is 2.96. The maximum atomic E-state index is 14.9. The third-order valence-electron chi connectivity index (χ3n) is 6.68. The summed E-state index contributed by atoms with van der Waals surface area (Å²) < 4.78 is 14.9. The lowest BCUT2D eigenvalue weighted by Gasteiger charge is -2.26. The number of nitrogens with zero attached hydrogens (tertiary/aromatic N) is 3. The largest absolute Gasteiger partial charge is 0.384 e. The number of nitrogen functional groups attached to an aromatic ring is 1. The molecule has 1 saturated heterocycles. The Morgan fingerprint density at radius 2 is 1.88 bits per heavy atom. The van der Waals surface area contributed by atoms with Crippen molar-refractivity contribution in [3.8, 4) is 11.3 Å². The Kier molecular flexibility index (Phi) is 10.2. The Bertz CT molecular complexity index is 1300. The molecular formula is C29H37FN8O2. The monoisotopic (exact) mass is 548 g/mol. The van der Waals surface area contributed by atoms with Gasteiger partial charge in [-0.2, -0.15) is 0 Å². The smallest absolute Gasteiger partial charge is 0.319 e. The van der Waals surface area contributed by atoms with Gasteiger partial charge in [0, 0.05) is 31.4 Å². The van der Waals surface area contributed by atoms with Crippen LogP contribution in [0, 0.1) is 5.82 Å². The molecule has 212 valence electrons. The molecule has 0 bridgehead atoms. The van der Waals surface area contributed by atoms with Crippen LogP contribution in [0.4, 0.5) is 26.5 Å². The fraction of sp³-hybridized carbons (Fsp3) is 0.379. The minimum absolute atomic E-state index is 0.0316. The van der Waals surface area contributed by atoms with Gasteiger partial charge in [0.2, 0.25) is 0 Å². The number of halogens is 1. The number of hydrogen-bond acceptors (Lipinski definition) is 7. The van der Waals surface area contributed by atoms with Gasteiger partial charge in [-0.15, -0.1) is 0 Å². The predicted molar refractivity (Wildman–Crippen MR) is 156 cm³/mol. The van der Waals surface area contributed by atoms with Crippen LogP contribution in [0.2, 0.25) is 0 Å². The van der Waals surface area contributed by atoms with E-state index in [0.29, 0.717) is 41.5 Å². The summed E-state index contributed by atoms with van der Waals surface area (Å²) in [5.74, 6) is 0.0239. The molecule has 3 amide bonds.